The topological polar surface area (TPSA) is 12.0 Å². The van der Waals surface area contributed by atoms with Gasteiger partial charge in [0.15, 0.2) is 0 Å². The Labute approximate surface area is 122 Å². The van der Waals surface area contributed by atoms with Crippen molar-refractivity contribution in [3.63, 3.8) is 0 Å². The predicted octanol–water partition coefficient (Wildman–Crippen LogP) is 5.19. The monoisotopic (exact) mass is 279 g/mol. The van der Waals surface area contributed by atoms with Crippen LogP contribution in [0, 0.1) is 19.3 Å². The van der Waals surface area contributed by atoms with Gasteiger partial charge in [0.1, 0.15) is 0 Å². The van der Waals surface area contributed by atoms with Crippen molar-refractivity contribution in [2.45, 2.75) is 58.9 Å². The molecule has 19 heavy (non-hydrogen) atoms. The van der Waals surface area contributed by atoms with Gasteiger partial charge in [-0.15, -0.1) is 0 Å². The minimum Gasteiger partial charge on any atom is -0.313 e. The fourth-order valence-electron chi connectivity index (χ4n) is 3.83. The van der Waals surface area contributed by atoms with E-state index < -0.39 is 0 Å². The van der Waals surface area contributed by atoms with E-state index in [-0.39, 0.29) is 0 Å². The third kappa shape index (κ3) is 2.68. The summed E-state index contributed by atoms with van der Waals surface area (Å²) in [6, 6.07) is 4.86. The van der Waals surface area contributed by atoms with Gasteiger partial charge >= 0.3 is 0 Å². The Hall–Kier alpha value is -0.530. The standard InChI is InChI=1S/C17H26ClN/c1-5-17(8-6-7-9-17)16(19-4)14-10-13(3)15(18)11-12(14)2/h10-11,16,19H,5-9H2,1-4H3. The quantitative estimate of drug-likeness (QED) is 0.800. The van der Waals surface area contributed by atoms with Gasteiger partial charge in [0.25, 0.3) is 0 Å². The summed E-state index contributed by atoms with van der Waals surface area (Å²) in [7, 11) is 2.10. The molecule has 1 aromatic rings. The molecule has 106 valence electrons. The van der Waals surface area contributed by atoms with Gasteiger partial charge in [-0.1, -0.05) is 37.4 Å². The molecule has 0 spiro atoms. The minimum atomic E-state index is 0.430. The Morgan fingerprint density at radius 3 is 2.37 bits per heavy atom. The van der Waals surface area contributed by atoms with Crippen molar-refractivity contribution in [3.05, 3.63) is 33.8 Å². The summed E-state index contributed by atoms with van der Waals surface area (Å²) >= 11 is 6.24. The number of benzene rings is 1. The number of halogens is 1. The molecule has 0 aromatic heterocycles. The lowest BCUT2D eigenvalue weighted by Crippen LogP contribution is -2.34. The van der Waals surface area contributed by atoms with Crippen molar-refractivity contribution in [2.75, 3.05) is 7.05 Å². The Balaban J connectivity index is 2.44. The molecule has 1 atom stereocenters. The molecule has 1 unspecified atom stereocenters. The highest BCUT2D eigenvalue weighted by Gasteiger charge is 2.40. The zero-order valence-electron chi connectivity index (χ0n) is 12.6. The van der Waals surface area contributed by atoms with Gasteiger partial charge < -0.3 is 5.32 Å². The summed E-state index contributed by atoms with van der Waals surface area (Å²) in [5, 5.41) is 4.48. The molecule has 0 heterocycles. The first-order valence-electron chi connectivity index (χ1n) is 7.48. The molecule has 1 aliphatic rings. The molecular formula is C17H26ClN. The third-order valence-electron chi connectivity index (χ3n) is 5.06. The molecule has 2 rings (SSSR count). The van der Waals surface area contributed by atoms with E-state index in [1.54, 1.807) is 0 Å². The van der Waals surface area contributed by atoms with Gasteiger partial charge in [-0.3, -0.25) is 0 Å². The number of aryl methyl sites for hydroxylation is 2. The van der Waals surface area contributed by atoms with Gasteiger partial charge in [-0.05, 0) is 68.3 Å². The van der Waals surface area contributed by atoms with Crippen LogP contribution in [-0.4, -0.2) is 7.05 Å². The maximum atomic E-state index is 6.24. The second-order valence-electron chi connectivity index (χ2n) is 6.10. The Bertz CT molecular complexity index is 447. The second kappa shape index (κ2) is 5.85. The molecule has 1 saturated carbocycles. The molecule has 0 aliphatic heterocycles. The molecular weight excluding hydrogens is 254 g/mol. The van der Waals surface area contributed by atoms with E-state index in [4.69, 9.17) is 11.6 Å². The lowest BCUT2D eigenvalue weighted by atomic mass is 9.72. The molecule has 1 aliphatic carbocycles. The zero-order valence-corrected chi connectivity index (χ0v) is 13.4. The SMILES string of the molecule is CCC1(C(NC)c2cc(C)c(Cl)cc2C)CCCC1. The molecule has 2 heteroatoms. The van der Waals surface area contributed by atoms with E-state index in [1.165, 1.54) is 48.8 Å². The molecule has 1 aromatic carbocycles. The molecule has 0 radical (unpaired) electrons. The zero-order chi connectivity index (χ0) is 14.0. The van der Waals surface area contributed by atoms with Crippen molar-refractivity contribution in [1.29, 1.82) is 0 Å². The first kappa shape index (κ1) is 14.9. The molecule has 1 nitrogen and oxygen atoms in total. The van der Waals surface area contributed by atoms with Crippen molar-refractivity contribution in [3.8, 4) is 0 Å². The minimum absolute atomic E-state index is 0.430. The van der Waals surface area contributed by atoms with Gasteiger partial charge in [0, 0.05) is 11.1 Å². The van der Waals surface area contributed by atoms with E-state index >= 15 is 0 Å². The van der Waals surface area contributed by atoms with Crippen LogP contribution in [0.4, 0.5) is 0 Å². The van der Waals surface area contributed by atoms with Crippen LogP contribution in [0.15, 0.2) is 12.1 Å². The highest BCUT2D eigenvalue weighted by Crippen LogP contribution is 2.50. The lowest BCUT2D eigenvalue weighted by molar-refractivity contribution is 0.194. The summed E-state index contributed by atoms with van der Waals surface area (Å²) in [4.78, 5) is 0. The van der Waals surface area contributed by atoms with Crippen molar-refractivity contribution < 1.29 is 0 Å². The number of hydrogen-bond acceptors (Lipinski definition) is 1. The van der Waals surface area contributed by atoms with E-state index in [2.05, 4.69) is 45.3 Å². The Morgan fingerprint density at radius 1 is 1.21 bits per heavy atom. The predicted molar refractivity (Wildman–Crippen MR) is 83.9 cm³/mol. The van der Waals surface area contributed by atoms with Crippen LogP contribution in [0.3, 0.4) is 0 Å². The summed E-state index contributed by atoms with van der Waals surface area (Å²) < 4.78 is 0. The van der Waals surface area contributed by atoms with Crippen LogP contribution in [0.5, 0.6) is 0 Å². The van der Waals surface area contributed by atoms with Crippen molar-refractivity contribution in [2.24, 2.45) is 5.41 Å². The highest BCUT2D eigenvalue weighted by molar-refractivity contribution is 6.31. The molecule has 0 amide bonds. The summed E-state index contributed by atoms with van der Waals surface area (Å²) in [5.41, 5.74) is 4.37. The van der Waals surface area contributed by atoms with Crippen LogP contribution in [0.1, 0.15) is 61.8 Å². The van der Waals surface area contributed by atoms with Crippen LogP contribution in [0.2, 0.25) is 5.02 Å². The highest BCUT2D eigenvalue weighted by atomic mass is 35.5. The average Bonchev–Trinajstić information content (AvgIpc) is 2.86. The molecule has 0 bridgehead atoms. The van der Waals surface area contributed by atoms with E-state index in [1.807, 2.05) is 0 Å². The van der Waals surface area contributed by atoms with Crippen molar-refractivity contribution in [1.82, 2.24) is 5.32 Å². The largest absolute Gasteiger partial charge is 0.313 e. The lowest BCUT2D eigenvalue weighted by Gasteiger charge is -2.38. The van der Waals surface area contributed by atoms with Gasteiger partial charge in [-0.2, -0.15) is 0 Å². The van der Waals surface area contributed by atoms with Gasteiger partial charge in [0.05, 0.1) is 0 Å². The first-order chi connectivity index (χ1) is 9.04. The fourth-order valence-corrected chi connectivity index (χ4v) is 4.05. The molecule has 1 N–H and O–H groups in total. The van der Waals surface area contributed by atoms with Crippen LogP contribution < -0.4 is 5.32 Å². The number of nitrogens with one attached hydrogen (secondary N) is 1. The summed E-state index contributed by atoms with van der Waals surface area (Å²) in [5.74, 6) is 0. The van der Waals surface area contributed by atoms with Crippen LogP contribution in [0.25, 0.3) is 0 Å². The van der Waals surface area contributed by atoms with E-state index in [0.717, 1.165) is 5.02 Å². The van der Waals surface area contributed by atoms with Gasteiger partial charge in [-0.25, -0.2) is 0 Å². The van der Waals surface area contributed by atoms with Gasteiger partial charge in [0.2, 0.25) is 0 Å². The average molecular weight is 280 g/mol. The smallest absolute Gasteiger partial charge is 0.0438 e. The third-order valence-corrected chi connectivity index (χ3v) is 5.47. The van der Waals surface area contributed by atoms with E-state index in [0.29, 0.717) is 11.5 Å². The van der Waals surface area contributed by atoms with E-state index in [9.17, 15) is 0 Å². The number of hydrogen-bond donors (Lipinski definition) is 1. The fraction of sp³-hybridized carbons (Fsp3) is 0.647. The number of rotatable bonds is 4. The summed E-state index contributed by atoms with van der Waals surface area (Å²) in [6.07, 6.45) is 6.68. The normalized spacial score (nSPS) is 19.6. The molecule has 1 fully saturated rings. The maximum Gasteiger partial charge on any atom is 0.0438 e. The first-order valence-corrected chi connectivity index (χ1v) is 7.86. The molecule has 0 saturated heterocycles. The Morgan fingerprint density at radius 2 is 1.84 bits per heavy atom. The Kier molecular flexibility index (Phi) is 4.58. The van der Waals surface area contributed by atoms with Crippen LogP contribution >= 0.6 is 11.6 Å². The van der Waals surface area contributed by atoms with Crippen LogP contribution in [-0.2, 0) is 0 Å². The second-order valence-corrected chi connectivity index (χ2v) is 6.51. The maximum absolute atomic E-state index is 6.24. The van der Waals surface area contributed by atoms with Crippen molar-refractivity contribution >= 4 is 11.6 Å². The summed E-state index contributed by atoms with van der Waals surface area (Å²) in [6.45, 7) is 6.63.